The van der Waals surface area contributed by atoms with Crippen LogP contribution < -0.4 is 4.74 Å². The van der Waals surface area contributed by atoms with Crippen LogP contribution in [0, 0.1) is 27.7 Å². The fourth-order valence-corrected chi connectivity index (χ4v) is 3.63. The van der Waals surface area contributed by atoms with E-state index in [1.807, 2.05) is 64.1 Å². The number of benzene rings is 3. The Morgan fingerprint density at radius 3 is 2.14 bits per heavy atom. The standard InChI is InChI=1S/C29H27NO5/c1-18-8-12-22(13-9-18)27(31)28(23-14-10-19(2)11-15-23)34-29(32)24-6-5-7-25(16-24)33-17-26-20(3)30-35-21(26)4/h5-16,28H,17H2,1-4H3/t28-/m1/s1. The molecule has 0 amide bonds. The van der Waals surface area contributed by atoms with E-state index in [-0.39, 0.29) is 18.0 Å². The number of carbonyl (C=O) groups is 2. The van der Waals surface area contributed by atoms with E-state index in [0.29, 0.717) is 22.6 Å². The summed E-state index contributed by atoms with van der Waals surface area (Å²) in [5.41, 5.74) is 5.08. The number of aromatic nitrogens is 1. The summed E-state index contributed by atoms with van der Waals surface area (Å²) < 4.78 is 16.8. The van der Waals surface area contributed by atoms with Crippen LogP contribution in [0.2, 0.25) is 0 Å². The number of ketones is 1. The fourth-order valence-electron chi connectivity index (χ4n) is 3.63. The largest absolute Gasteiger partial charge is 0.489 e. The SMILES string of the molecule is Cc1ccc(C(=O)[C@H](OC(=O)c2cccc(OCc3c(C)noc3C)c2)c2ccc(C)cc2)cc1. The van der Waals surface area contributed by atoms with Crippen molar-refractivity contribution in [2.24, 2.45) is 0 Å². The summed E-state index contributed by atoms with van der Waals surface area (Å²) in [6.45, 7) is 7.84. The molecule has 0 unspecified atom stereocenters. The number of hydrogen-bond donors (Lipinski definition) is 0. The molecule has 1 atom stereocenters. The van der Waals surface area contributed by atoms with Crippen LogP contribution in [0.5, 0.6) is 5.75 Å². The molecule has 1 heterocycles. The molecule has 0 N–H and O–H groups in total. The molecule has 0 bridgehead atoms. The second kappa shape index (κ2) is 10.4. The van der Waals surface area contributed by atoms with Gasteiger partial charge < -0.3 is 14.0 Å². The Morgan fingerprint density at radius 1 is 0.857 bits per heavy atom. The van der Waals surface area contributed by atoms with Crippen LogP contribution >= 0.6 is 0 Å². The molecule has 0 radical (unpaired) electrons. The van der Waals surface area contributed by atoms with Crippen molar-refractivity contribution in [1.82, 2.24) is 5.16 Å². The molecule has 0 fully saturated rings. The third kappa shape index (κ3) is 5.66. The third-order valence-electron chi connectivity index (χ3n) is 5.81. The van der Waals surface area contributed by atoms with Crippen molar-refractivity contribution in [3.63, 3.8) is 0 Å². The molecule has 178 valence electrons. The van der Waals surface area contributed by atoms with Gasteiger partial charge >= 0.3 is 5.97 Å². The highest BCUT2D eigenvalue weighted by atomic mass is 16.5. The van der Waals surface area contributed by atoms with E-state index in [1.165, 1.54) is 0 Å². The summed E-state index contributed by atoms with van der Waals surface area (Å²) in [7, 11) is 0. The van der Waals surface area contributed by atoms with Crippen molar-refractivity contribution in [3.8, 4) is 5.75 Å². The molecule has 0 saturated carbocycles. The number of hydrogen-bond acceptors (Lipinski definition) is 6. The van der Waals surface area contributed by atoms with Crippen LogP contribution in [0.15, 0.2) is 77.3 Å². The zero-order chi connectivity index (χ0) is 24.9. The molecular formula is C29H27NO5. The van der Waals surface area contributed by atoms with E-state index in [4.69, 9.17) is 14.0 Å². The van der Waals surface area contributed by atoms with Crippen molar-refractivity contribution in [1.29, 1.82) is 0 Å². The fraction of sp³-hybridized carbons (Fsp3) is 0.207. The predicted molar refractivity (Wildman–Crippen MR) is 132 cm³/mol. The van der Waals surface area contributed by atoms with Crippen molar-refractivity contribution in [3.05, 3.63) is 118 Å². The number of rotatable bonds is 8. The zero-order valence-electron chi connectivity index (χ0n) is 20.2. The van der Waals surface area contributed by atoms with Crippen LogP contribution in [0.25, 0.3) is 0 Å². The molecule has 0 aliphatic carbocycles. The topological polar surface area (TPSA) is 78.6 Å². The van der Waals surface area contributed by atoms with E-state index in [2.05, 4.69) is 5.16 Å². The summed E-state index contributed by atoms with van der Waals surface area (Å²) in [6.07, 6.45) is -1.07. The smallest absolute Gasteiger partial charge is 0.339 e. The number of Topliss-reactive ketones (excluding diaryl/α,β-unsaturated/α-hetero) is 1. The third-order valence-corrected chi connectivity index (χ3v) is 5.81. The van der Waals surface area contributed by atoms with Crippen LogP contribution in [-0.4, -0.2) is 16.9 Å². The number of aryl methyl sites for hydroxylation is 4. The number of carbonyl (C=O) groups excluding carboxylic acids is 2. The molecule has 6 heteroatoms. The minimum atomic E-state index is -1.07. The molecule has 0 aliphatic rings. The Labute approximate surface area is 204 Å². The van der Waals surface area contributed by atoms with Gasteiger partial charge in [-0.1, -0.05) is 70.9 Å². The minimum absolute atomic E-state index is 0.261. The summed E-state index contributed by atoms with van der Waals surface area (Å²) in [5, 5.41) is 3.93. The van der Waals surface area contributed by atoms with Gasteiger partial charge in [-0.2, -0.15) is 0 Å². The maximum absolute atomic E-state index is 13.4. The van der Waals surface area contributed by atoms with Gasteiger partial charge in [0, 0.05) is 11.1 Å². The Morgan fingerprint density at radius 2 is 1.51 bits per heavy atom. The van der Waals surface area contributed by atoms with Gasteiger partial charge in [-0.3, -0.25) is 4.79 Å². The van der Waals surface area contributed by atoms with Crippen LogP contribution in [0.4, 0.5) is 0 Å². The molecule has 1 aromatic heterocycles. The van der Waals surface area contributed by atoms with Gasteiger partial charge in [-0.25, -0.2) is 4.79 Å². The summed E-state index contributed by atoms with van der Waals surface area (Å²) in [4.78, 5) is 26.5. The first-order chi connectivity index (χ1) is 16.8. The Bertz CT molecular complexity index is 1320. The lowest BCUT2D eigenvalue weighted by Gasteiger charge is -2.18. The molecule has 0 saturated heterocycles. The average molecular weight is 470 g/mol. The summed E-state index contributed by atoms with van der Waals surface area (Å²) in [6, 6.07) is 21.3. The van der Waals surface area contributed by atoms with E-state index >= 15 is 0 Å². The predicted octanol–water partition coefficient (Wildman–Crippen LogP) is 6.27. The molecule has 35 heavy (non-hydrogen) atoms. The number of nitrogens with zero attached hydrogens (tertiary/aromatic N) is 1. The first-order valence-electron chi connectivity index (χ1n) is 11.3. The molecule has 3 aromatic carbocycles. The lowest BCUT2D eigenvalue weighted by molar-refractivity contribution is 0.0279. The summed E-state index contributed by atoms with van der Waals surface area (Å²) in [5.74, 6) is 0.289. The Balaban J connectivity index is 1.55. The highest BCUT2D eigenvalue weighted by Crippen LogP contribution is 2.26. The van der Waals surface area contributed by atoms with E-state index in [9.17, 15) is 9.59 Å². The van der Waals surface area contributed by atoms with Crippen molar-refractivity contribution in [2.45, 2.75) is 40.4 Å². The molecule has 0 aliphatic heterocycles. The Kier molecular flexibility index (Phi) is 7.11. The van der Waals surface area contributed by atoms with Gasteiger partial charge in [0.25, 0.3) is 0 Å². The molecule has 6 nitrogen and oxygen atoms in total. The first-order valence-corrected chi connectivity index (χ1v) is 11.3. The summed E-state index contributed by atoms with van der Waals surface area (Å²) >= 11 is 0. The second-order valence-corrected chi connectivity index (χ2v) is 8.55. The van der Waals surface area contributed by atoms with Crippen LogP contribution in [-0.2, 0) is 11.3 Å². The maximum Gasteiger partial charge on any atom is 0.339 e. The van der Waals surface area contributed by atoms with Gasteiger partial charge in [-0.15, -0.1) is 0 Å². The van der Waals surface area contributed by atoms with Gasteiger partial charge in [0.15, 0.2) is 6.10 Å². The number of ether oxygens (including phenoxy) is 2. The van der Waals surface area contributed by atoms with Crippen LogP contribution in [0.3, 0.4) is 0 Å². The molecular weight excluding hydrogens is 442 g/mol. The lowest BCUT2D eigenvalue weighted by atomic mass is 9.98. The molecule has 4 aromatic rings. The molecule has 4 rings (SSSR count). The normalized spacial score (nSPS) is 11.7. The maximum atomic E-state index is 13.4. The lowest BCUT2D eigenvalue weighted by Crippen LogP contribution is -2.20. The zero-order valence-corrected chi connectivity index (χ0v) is 20.2. The van der Waals surface area contributed by atoms with Crippen molar-refractivity contribution in [2.75, 3.05) is 0 Å². The number of esters is 1. The van der Waals surface area contributed by atoms with E-state index < -0.39 is 12.1 Å². The van der Waals surface area contributed by atoms with E-state index in [1.54, 1.807) is 36.4 Å². The molecule has 0 spiro atoms. The van der Waals surface area contributed by atoms with Crippen molar-refractivity contribution >= 4 is 11.8 Å². The highest BCUT2D eigenvalue weighted by molar-refractivity contribution is 6.02. The van der Waals surface area contributed by atoms with E-state index in [0.717, 1.165) is 22.4 Å². The second-order valence-electron chi connectivity index (χ2n) is 8.55. The van der Waals surface area contributed by atoms with Crippen LogP contribution in [0.1, 0.15) is 60.5 Å². The van der Waals surface area contributed by atoms with Gasteiger partial charge in [0.2, 0.25) is 5.78 Å². The quantitative estimate of drug-likeness (QED) is 0.224. The average Bonchev–Trinajstić information content (AvgIpc) is 3.19. The minimum Gasteiger partial charge on any atom is -0.489 e. The monoisotopic (exact) mass is 469 g/mol. The van der Waals surface area contributed by atoms with Gasteiger partial charge in [0.1, 0.15) is 18.1 Å². The Hall–Kier alpha value is -4.19. The van der Waals surface area contributed by atoms with Crippen molar-refractivity contribution < 1.29 is 23.6 Å². The van der Waals surface area contributed by atoms with Gasteiger partial charge in [0.05, 0.1) is 16.8 Å². The van der Waals surface area contributed by atoms with Gasteiger partial charge in [-0.05, 0) is 45.9 Å². The first kappa shape index (κ1) is 24.0. The highest BCUT2D eigenvalue weighted by Gasteiger charge is 2.27.